The van der Waals surface area contributed by atoms with Crippen LogP contribution in [0.4, 0.5) is 13.2 Å². The molecule has 2 aromatic rings. The highest BCUT2D eigenvalue weighted by molar-refractivity contribution is 6.14. The minimum absolute atomic E-state index is 0.273. The number of para-hydroxylation sites is 1. The first-order chi connectivity index (χ1) is 13.4. The normalized spacial score (nSPS) is 11.0. The molecule has 0 aromatic heterocycles. The molecule has 0 saturated carbocycles. The number of hydrogen-bond acceptors (Lipinski definition) is 5. The van der Waals surface area contributed by atoms with Crippen LogP contribution in [0.25, 0.3) is 0 Å². The third-order valence-corrected chi connectivity index (χ3v) is 3.56. The van der Waals surface area contributed by atoms with E-state index in [1.807, 2.05) is 0 Å². The van der Waals surface area contributed by atoms with Crippen molar-refractivity contribution in [2.75, 3.05) is 0 Å². The number of alkyl halides is 3. The fraction of sp³-hybridized carbons (Fsp3) is 0.0588. The van der Waals surface area contributed by atoms with Gasteiger partial charge in [-0.1, -0.05) is 18.2 Å². The maximum absolute atomic E-state index is 13.5. The van der Waals surface area contributed by atoms with Gasteiger partial charge in [0.05, 0.1) is 16.7 Å². The van der Waals surface area contributed by atoms with Crippen LogP contribution >= 0.6 is 0 Å². The van der Waals surface area contributed by atoms with Gasteiger partial charge < -0.3 is 25.2 Å². The Labute approximate surface area is 158 Å². The molecular weight excluding hydrogens is 405 g/mol. The Hall–Kier alpha value is -4.09. The number of carbonyl (C=O) groups is 4. The van der Waals surface area contributed by atoms with Gasteiger partial charge in [0.2, 0.25) is 0 Å². The topological polar surface area (TPSA) is 158 Å². The third-order valence-electron chi connectivity index (χ3n) is 3.56. The lowest BCUT2D eigenvalue weighted by atomic mass is 9.89. The predicted octanol–water partition coefficient (Wildman–Crippen LogP) is 3.29. The van der Waals surface area contributed by atoms with E-state index in [0.717, 1.165) is 12.1 Å². The fourth-order valence-electron chi connectivity index (χ4n) is 2.55. The zero-order chi connectivity index (χ0) is 22.1. The van der Waals surface area contributed by atoms with Gasteiger partial charge in [-0.3, -0.25) is 0 Å². The summed E-state index contributed by atoms with van der Waals surface area (Å²) in [5, 5.41) is 37.1. The molecule has 0 amide bonds. The van der Waals surface area contributed by atoms with E-state index in [0.29, 0.717) is 0 Å². The Balaban J connectivity index is 3.17. The monoisotopic (exact) mass is 414 g/mol. The maximum atomic E-state index is 13.5. The van der Waals surface area contributed by atoms with Crippen LogP contribution in [0.15, 0.2) is 30.3 Å². The molecule has 2 rings (SSSR count). The van der Waals surface area contributed by atoms with E-state index in [2.05, 4.69) is 0 Å². The second-order valence-electron chi connectivity index (χ2n) is 5.34. The number of carboxylic acids is 4. The lowest BCUT2D eigenvalue weighted by Gasteiger charge is -2.21. The molecule has 4 N–H and O–H groups in total. The van der Waals surface area contributed by atoms with Crippen molar-refractivity contribution in [1.82, 2.24) is 0 Å². The summed E-state index contributed by atoms with van der Waals surface area (Å²) in [4.78, 5) is 46.2. The summed E-state index contributed by atoms with van der Waals surface area (Å²) in [7, 11) is 0. The molecule has 0 saturated heterocycles. The highest BCUT2D eigenvalue weighted by Gasteiger charge is 2.47. The quantitative estimate of drug-likeness (QED) is 0.556. The summed E-state index contributed by atoms with van der Waals surface area (Å²) >= 11 is 0. The molecule has 0 radical (unpaired) electrons. The molecular formula is C17H9F3O9. The SMILES string of the molecule is O=C(O)c1c(Oc2ccccc2)c(C(=O)O)c(C(=O)O)c(C(F)(F)F)c1C(=O)O. The van der Waals surface area contributed by atoms with Gasteiger partial charge in [-0.15, -0.1) is 0 Å². The summed E-state index contributed by atoms with van der Waals surface area (Å²) in [5.41, 5.74) is -9.66. The largest absolute Gasteiger partial charge is 0.478 e. The molecule has 0 fully saturated rings. The number of carboxylic acid groups (broad SMARTS) is 4. The van der Waals surface area contributed by atoms with Crippen molar-refractivity contribution in [3.8, 4) is 11.5 Å². The number of rotatable bonds is 6. The lowest BCUT2D eigenvalue weighted by Crippen LogP contribution is -2.26. The van der Waals surface area contributed by atoms with Gasteiger partial charge in [0.25, 0.3) is 0 Å². The van der Waals surface area contributed by atoms with Gasteiger partial charge in [0.1, 0.15) is 16.9 Å². The Bertz CT molecular complexity index is 974. The molecule has 0 heterocycles. The van der Waals surface area contributed by atoms with Crippen molar-refractivity contribution >= 4 is 23.9 Å². The number of benzene rings is 2. The molecule has 0 unspecified atom stereocenters. The summed E-state index contributed by atoms with van der Waals surface area (Å²) in [6.07, 6.45) is -5.71. The van der Waals surface area contributed by atoms with E-state index in [-0.39, 0.29) is 5.75 Å². The number of ether oxygens (including phenoxy) is 1. The summed E-state index contributed by atoms with van der Waals surface area (Å²) < 4.78 is 45.6. The molecule has 0 aliphatic heterocycles. The predicted molar refractivity (Wildman–Crippen MR) is 85.8 cm³/mol. The number of hydrogen-bond donors (Lipinski definition) is 4. The first-order valence-electron chi connectivity index (χ1n) is 7.35. The zero-order valence-electron chi connectivity index (χ0n) is 13.9. The molecule has 152 valence electrons. The van der Waals surface area contributed by atoms with E-state index in [1.165, 1.54) is 18.2 Å². The zero-order valence-corrected chi connectivity index (χ0v) is 13.9. The molecule has 0 spiro atoms. The third kappa shape index (κ3) is 3.95. The Morgan fingerprint density at radius 2 is 1.07 bits per heavy atom. The second kappa shape index (κ2) is 7.50. The van der Waals surface area contributed by atoms with E-state index in [1.54, 1.807) is 0 Å². The second-order valence-corrected chi connectivity index (χ2v) is 5.34. The minimum atomic E-state index is -5.71. The average molecular weight is 414 g/mol. The summed E-state index contributed by atoms with van der Waals surface area (Å²) in [6.45, 7) is 0. The van der Waals surface area contributed by atoms with Crippen LogP contribution in [0.3, 0.4) is 0 Å². The van der Waals surface area contributed by atoms with Gasteiger partial charge in [0, 0.05) is 0 Å². The molecule has 0 bridgehead atoms. The van der Waals surface area contributed by atoms with Crippen molar-refractivity contribution in [3.05, 3.63) is 58.1 Å². The van der Waals surface area contributed by atoms with Crippen molar-refractivity contribution < 1.29 is 57.5 Å². The Morgan fingerprint density at radius 1 is 0.690 bits per heavy atom. The maximum Gasteiger partial charge on any atom is 0.418 e. The van der Waals surface area contributed by atoms with Crippen LogP contribution in [0.2, 0.25) is 0 Å². The highest BCUT2D eigenvalue weighted by Crippen LogP contribution is 2.44. The van der Waals surface area contributed by atoms with Gasteiger partial charge in [-0.05, 0) is 12.1 Å². The van der Waals surface area contributed by atoms with Gasteiger partial charge in [0.15, 0.2) is 5.75 Å². The van der Waals surface area contributed by atoms with Crippen molar-refractivity contribution in [2.24, 2.45) is 0 Å². The van der Waals surface area contributed by atoms with Gasteiger partial charge in [-0.2, -0.15) is 13.2 Å². The van der Waals surface area contributed by atoms with E-state index >= 15 is 0 Å². The van der Waals surface area contributed by atoms with Crippen molar-refractivity contribution in [2.45, 2.75) is 6.18 Å². The van der Waals surface area contributed by atoms with Gasteiger partial charge in [-0.25, -0.2) is 19.2 Å². The van der Waals surface area contributed by atoms with Crippen LogP contribution < -0.4 is 4.74 Å². The average Bonchev–Trinajstić information content (AvgIpc) is 2.59. The molecule has 0 aliphatic carbocycles. The summed E-state index contributed by atoms with van der Waals surface area (Å²) in [6, 6.07) is 6.49. The molecule has 0 atom stereocenters. The van der Waals surface area contributed by atoms with E-state index < -0.39 is 63.6 Å². The summed E-state index contributed by atoms with van der Waals surface area (Å²) in [5.74, 6) is -11.0. The lowest BCUT2D eigenvalue weighted by molar-refractivity contribution is -0.138. The van der Waals surface area contributed by atoms with Crippen LogP contribution in [0.5, 0.6) is 11.5 Å². The molecule has 0 aliphatic rings. The number of aromatic carboxylic acids is 4. The van der Waals surface area contributed by atoms with E-state index in [4.69, 9.17) is 4.74 Å². The molecule has 12 heteroatoms. The smallest absolute Gasteiger partial charge is 0.418 e. The first-order valence-corrected chi connectivity index (χ1v) is 7.35. The van der Waals surface area contributed by atoms with Crippen molar-refractivity contribution in [3.63, 3.8) is 0 Å². The van der Waals surface area contributed by atoms with Gasteiger partial charge >= 0.3 is 30.1 Å². The van der Waals surface area contributed by atoms with E-state index in [9.17, 15) is 52.8 Å². The first kappa shape index (κ1) is 21.2. The molecule has 2 aromatic carbocycles. The minimum Gasteiger partial charge on any atom is -0.478 e. The Kier molecular flexibility index (Phi) is 5.48. The van der Waals surface area contributed by atoms with Crippen LogP contribution in [0.1, 0.15) is 47.0 Å². The van der Waals surface area contributed by atoms with Crippen LogP contribution in [-0.4, -0.2) is 44.3 Å². The van der Waals surface area contributed by atoms with Crippen LogP contribution in [0, 0.1) is 0 Å². The highest BCUT2D eigenvalue weighted by atomic mass is 19.4. The Morgan fingerprint density at radius 3 is 1.38 bits per heavy atom. The molecule has 29 heavy (non-hydrogen) atoms. The standard InChI is InChI=1S/C17H9F3O9/c18-17(19,20)11-7(13(21)22)9(15(25)26)12(29-6-4-2-1-3-5-6)10(16(27)28)8(11)14(23)24/h1-5H,(H,21,22)(H,23,24)(H,25,26)(H,27,28). The fourth-order valence-corrected chi connectivity index (χ4v) is 2.55. The molecule has 9 nitrogen and oxygen atoms in total. The number of halogens is 3. The van der Waals surface area contributed by atoms with Crippen molar-refractivity contribution in [1.29, 1.82) is 0 Å². The van der Waals surface area contributed by atoms with Crippen LogP contribution in [-0.2, 0) is 6.18 Å².